The van der Waals surface area contributed by atoms with E-state index in [1.54, 1.807) is 0 Å². The average Bonchev–Trinajstić information content (AvgIpc) is 3.17. The summed E-state index contributed by atoms with van der Waals surface area (Å²) >= 11 is 0. The van der Waals surface area contributed by atoms with Gasteiger partial charge in [-0.05, 0) is 35.2 Å². The normalized spacial score (nSPS) is 10.9. The second-order valence-electron chi connectivity index (χ2n) is 6.80. The maximum absolute atomic E-state index is 4.21. The fourth-order valence-electron chi connectivity index (χ4n) is 3.42. The van der Waals surface area contributed by atoms with Crippen molar-refractivity contribution in [1.82, 2.24) is 10.3 Å². The molecule has 0 saturated heterocycles. The lowest BCUT2D eigenvalue weighted by Gasteiger charge is -2.09. The number of aromatic amines is 1. The van der Waals surface area contributed by atoms with Crippen LogP contribution in [0, 0.1) is 0 Å². The lowest BCUT2D eigenvalue weighted by Crippen LogP contribution is -2.11. The molecule has 4 aromatic rings. The summed E-state index contributed by atoms with van der Waals surface area (Å²) in [5.41, 5.74) is 8.05. The van der Waals surface area contributed by atoms with Crippen molar-refractivity contribution in [2.75, 3.05) is 6.54 Å². The van der Waals surface area contributed by atoms with Crippen LogP contribution in [-0.4, -0.2) is 11.5 Å². The number of aromatic nitrogens is 1. The van der Waals surface area contributed by atoms with E-state index in [2.05, 4.69) is 96.6 Å². The zero-order valence-corrected chi connectivity index (χ0v) is 15.6. The highest BCUT2D eigenvalue weighted by molar-refractivity contribution is 5.95. The molecule has 4 rings (SSSR count). The van der Waals surface area contributed by atoms with Gasteiger partial charge >= 0.3 is 0 Å². The van der Waals surface area contributed by atoms with Crippen LogP contribution in [-0.2, 0) is 0 Å². The monoisotopic (exact) mass is 352 g/mol. The maximum atomic E-state index is 4.21. The lowest BCUT2D eigenvalue weighted by molar-refractivity contribution is 0.825. The van der Waals surface area contributed by atoms with E-state index in [0.717, 1.165) is 35.4 Å². The number of hydrogen-bond acceptors (Lipinski definition) is 1. The standard InChI is InChI=1S/C25H24N2/c1-3-16-26-18(2)22-10-7-11-24-23(22)17-25(27-24)21-14-12-20(13-15-21)19-8-5-4-6-9-19/h4-15,17,26-27H,2-3,16H2,1H3. The maximum Gasteiger partial charge on any atom is 0.0465 e. The summed E-state index contributed by atoms with van der Waals surface area (Å²) in [4.78, 5) is 3.55. The lowest BCUT2D eigenvalue weighted by atomic mass is 10.0. The molecule has 2 N–H and O–H groups in total. The highest BCUT2D eigenvalue weighted by atomic mass is 14.9. The van der Waals surface area contributed by atoms with Crippen LogP contribution in [0.25, 0.3) is 39.0 Å². The fourth-order valence-corrected chi connectivity index (χ4v) is 3.42. The van der Waals surface area contributed by atoms with E-state index in [9.17, 15) is 0 Å². The third kappa shape index (κ3) is 3.52. The molecule has 0 spiro atoms. The summed E-state index contributed by atoms with van der Waals surface area (Å²) in [6.07, 6.45) is 1.08. The van der Waals surface area contributed by atoms with Gasteiger partial charge in [-0.2, -0.15) is 0 Å². The van der Waals surface area contributed by atoms with Crippen molar-refractivity contribution in [2.24, 2.45) is 0 Å². The molecule has 2 heteroatoms. The summed E-state index contributed by atoms with van der Waals surface area (Å²) in [5.74, 6) is 0. The first-order chi connectivity index (χ1) is 13.3. The summed E-state index contributed by atoms with van der Waals surface area (Å²) in [5, 5.41) is 4.61. The molecule has 0 fully saturated rings. The Kier molecular flexibility index (Phi) is 4.80. The van der Waals surface area contributed by atoms with Crippen molar-refractivity contribution in [3.63, 3.8) is 0 Å². The van der Waals surface area contributed by atoms with Gasteiger partial charge in [-0.15, -0.1) is 0 Å². The van der Waals surface area contributed by atoms with Gasteiger partial charge in [-0.1, -0.05) is 80.2 Å². The van der Waals surface area contributed by atoms with E-state index < -0.39 is 0 Å². The number of benzene rings is 3. The first-order valence-corrected chi connectivity index (χ1v) is 9.47. The molecule has 1 aromatic heterocycles. The Morgan fingerprint density at radius 3 is 2.30 bits per heavy atom. The highest BCUT2D eigenvalue weighted by Crippen LogP contribution is 2.30. The molecule has 0 amide bonds. The fraction of sp³-hybridized carbons (Fsp3) is 0.120. The number of hydrogen-bond donors (Lipinski definition) is 2. The zero-order valence-electron chi connectivity index (χ0n) is 15.6. The third-order valence-electron chi connectivity index (χ3n) is 4.88. The first-order valence-electron chi connectivity index (χ1n) is 9.47. The van der Waals surface area contributed by atoms with Crippen molar-refractivity contribution in [3.8, 4) is 22.4 Å². The van der Waals surface area contributed by atoms with E-state index >= 15 is 0 Å². The van der Waals surface area contributed by atoms with E-state index in [4.69, 9.17) is 0 Å². The van der Waals surface area contributed by atoms with Crippen LogP contribution in [0.5, 0.6) is 0 Å². The summed E-state index contributed by atoms with van der Waals surface area (Å²) in [6.45, 7) is 7.31. The smallest absolute Gasteiger partial charge is 0.0465 e. The van der Waals surface area contributed by atoms with Gasteiger partial charge in [0.1, 0.15) is 0 Å². The molecule has 0 unspecified atom stereocenters. The average molecular weight is 352 g/mol. The van der Waals surface area contributed by atoms with Crippen LogP contribution in [0.4, 0.5) is 0 Å². The van der Waals surface area contributed by atoms with Gasteiger partial charge in [-0.25, -0.2) is 0 Å². The molecule has 0 aliphatic heterocycles. The Morgan fingerprint density at radius 2 is 1.56 bits per heavy atom. The second kappa shape index (κ2) is 7.55. The molecule has 0 aliphatic rings. The van der Waals surface area contributed by atoms with E-state index in [0.29, 0.717) is 0 Å². The molecule has 1 heterocycles. The van der Waals surface area contributed by atoms with Crippen molar-refractivity contribution in [2.45, 2.75) is 13.3 Å². The van der Waals surface area contributed by atoms with Crippen molar-refractivity contribution < 1.29 is 0 Å². The van der Waals surface area contributed by atoms with Crippen LogP contribution in [0.2, 0.25) is 0 Å². The first kappa shape index (κ1) is 17.2. The molecule has 0 saturated carbocycles. The highest BCUT2D eigenvalue weighted by Gasteiger charge is 2.09. The minimum atomic E-state index is 0.938. The van der Waals surface area contributed by atoms with Crippen LogP contribution < -0.4 is 5.32 Å². The van der Waals surface area contributed by atoms with Crippen molar-refractivity contribution in [1.29, 1.82) is 0 Å². The van der Waals surface area contributed by atoms with Crippen LogP contribution in [0.3, 0.4) is 0 Å². The molecule has 27 heavy (non-hydrogen) atoms. The molecule has 2 nitrogen and oxygen atoms in total. The van der Waals surface area contributed by atoms with Crippen LogP contribution in [0.15, 0.2) is 85.4 Å². The number of rotatable bonds is 6. The van der Waals surface area contributed by atoms with Crippen molar-refractivity contribution in [3.05, 3.63) is 91.0 Å². The topological polar surface area (TPSA) is 27.8 Å². The van der Waals surface area contributed by atoms with E-state index in [1.165, 1.54) is 22.1 Å². The molecular weight excluding hydrogens is 328 g/mol. The molecule has 3 aromatic carbocycles. The van der Waals surface area contributed by atoms with Crippen LogP contribution in [0.1, 0.15) is 18.9 Å². The Morgan fingerprint density at radius 1 is 0.852 bits per heavy atom. The van der Waals surface area contributed by atoms with E-state index in [-0.39, 0.29) is 0 Å². The number of fused-ring (bicyclic) bond motifs is 1. The number of nitrogens with one attached hydrogen (secondary N) is 2. The summed E-state index contributed by atoms with van der Waals surface area (Å²) in [6, 6.07) is 27.7. The molecule has 134 valence electrons. The number of H-pyrrole nitrogens is 1. The largest absolute Gasteiger partial charge is 0.385 e. The van der Waals surface area contributed by atoms with E-state index in [1.807, 2.05) is 6.07 Å². The van der Waals surface area contributed by atoms with Gasteiger partial charge in [0.25, 0.3) is 0 Å². The third-order valence-corrected chi connectivity index (χ3v) is 4.88. The molecule has 0 bridgehead atoms. The summed E-state index contributed by atoms with van der Waals surface area (Å²) in [7, 11) is 0. The van der Waals surface area contributed by atoms with Crippen molar-refractivity contribution >= 4 is 16.6 Å². The Labute approximate surface area is 160 Å². The van der Waals surface area contributed by atoms with Gasteiger partial charge in [0.2, 0.25) is 0 Å². The Balaban J connectivity index is 1.67. The Hall–Kier alpha value is -3.26. The quantitative estimate of drug-likeness (QED) is 0.409. The predicted octanol–water partition coefficient (Wildman–Crippen LogP) is 6.47. The molecule has 0 atom stereocenters. The van der Waals surface area contributed by atoms with Crippen LogP contribution >= 0.6 is 0 Å². The zero-order chi connectivity index (χ0) is 18.6. The predicted molar refractivity (Wildman–Crippen MR) is 116 cm³/mol. The Bertz CT molecular complexity index is 1060. The van der Waals surface area contributed by atoms with Gasteiger partial charge in [0, 0.05) is 34.4 Å². The van der Waals surface area contributed by atoms with Gasteiger partial charge in [0.15, 0.2) is 0 Å². The molecule has 0 aliphatic carbocycles. The van der Waals surface area contributed by atoms with Gasteiger partial charge in [-0.3, -0.25) is 0 Å². The second-order valence-corrected chi connectivity index (χ2v) is 6.80. The summed E-state index contributed by atoms with van der Waals surface area (Å²) < 4.78 is 0. The minimum absolute atomic E-state index is 0.938. The minimum Gasteiger partial charge on any atom is -0.385 e. The van der Waals surface area contributed by atoms with Gasteiger partial charge < -0.3 is 10.3 Å². The van der Waals surface area contributed by atoms with Gasteiger partial charge in [0.05, 0.1) is 0 Å². The SMILES string of the molecule is C=C(NCCC)c1cccc2[nH]c(-c3ccc(-c4ccccc4)cc3)cc12. The molecular formula is C25H24N2. The molecule has 0 radical (unpaired) electrons.